The van der Waals surface area contributed by atoms with E-state index in [9.17, 15) is 27.6 Å². The van der Waals surface area contributed by atoms with Gasteiger partial charge in [-0.15, -0.1) is 0 Å². The Morgan fingerprint density at radius 2 is 1.62 bits per heavy atom. The number of anilines is 4. The van der Waals surface area contributed by atoms with Crippen molar-refractivity contribution in [1.82, 2.24) is 49.0 Å². The maximum atomic E-state index is 15.5. The van der Waals surface area contributed by atoms with Gasteiger partial charge in [0, 0.05) is 76.7 Å². The molecule has 0 radical (unpaired) electrons. The molecule has 1 atom stereocenters. The monoisotopic (exact) mass is 879 g/mol. The third-order valence-corrected chi connectivity index (χ3v) is 14.7. The van der Waals surface area contributed by atoms with Gasteiger partial charge in [0.15, 0.2) is 11.6 Å². The van der Waals surface area contributed by atoms with E-state index in [4.69, 9.17) is 10.1 Å². The van der Waals surface area contributed by atoms with Crippen molar-refractivity contribution in [3.05, 3.63) is 66.0 Å². The lowest BCUT2D eigenvalue weighted by Crippen LogP contribution is -2.54. The predicted octanol–water partition coefficient (Wildman–Crippen LogP) is 3.33. The molecule has 1 unspecified atom stereocenters. The van der Waals surface area contributed by atoms with E-state index < -0.39 is 45.5 Å². The summed E-state index contributed by atoms with van der Waals surface area (Å²) in [5, 5.41) is 15.2. The van der Waals surface area contributed by atoms with Gasteiger partial charge in [-0.3, -0.25) is 39.0 Å². The second kappa shape index (κ2) is 15.8. The smallest absolute Gasteiger partial charge is 0.262 e. The van der Waals surface area contributed by atoms with Gasteiger partial charge in [0.2, 0.25) is 11.8 Å². The minimum Gasteiger partial charge on any atom is -0.367 e. The lowest BCUT2D eigenvalue weighted by atomic mass is 9.95. The van der Waals surface area contributed by atoms with E-state index in [0.29, 0.717) is 68.0 Å². The van der Waals surface area contributed by atoms with Gasteiger partial charge < -0.3 is 15.1 Å². The van der Waals surface area contributed by atoms with Crippen LogP contribution in [-0.4, -0.2) is 133 Å². The van der Waals surface area contributed by atoms with Gasteiger partial charge in [0.25, 0.3) is 21.8 Å². The van der Waals surface area contributed by atoms with Crippen molar-refractivity contribution in [3.63, 3.8) is 0 Å². The summed E-state index contributed by atoms with van der Waals surface area (Å²) >= 11 is 0. The molecule has 19 nitrogen and oxygen atoms in total. The van der Waals surface area contributed by atoms with E-state index in [1.807, 2.05) is 21.8 Å². The zero-order chi connectivity index (χ0) is 43.7. The zero-order valence-electron chi connectivity index (χ0n) is 34.8. The van der Waals surface area contributed by atoms with Crippen molar-refractivity contribution in [2.24, 2.45) is 5.92 Å². The number of benzene rings is 1. The minimum atomic E-state index is -3.51. The SMILES string of the molecule is CC(C)n1nc(N2CCC(CN3CCN(c4cc5c(cc4F)C(=O)N(C4CCC(=O)NC4=O)C5=O)CC3)CC2)c2cnc(Nc3ccnc(-c4cnn(S(=O)(=O)C5CC5)c4)n3)cc21. The lowest BCUT2D eigenvalue weighted by Gasteiger charge is -2.39. The van der Waals surface area contributed by atoms with Crippen molar-refractivity contribution in [2.45, 2.75) is 69.7 Å². The molecule has 4 aliphatic heterocycles. The number of nitrogens with zero attached hydrogens (tertiary/aromatic N) is 11. The van der Waals surface area contributed by atoms with Gasteiger partial charge in [0.1, 0.15) is 23.5 Å². The summed E-state index contributed by atoms with van der Waals surface area (Å²) in [6.07, 6.45) is 9.63. The van der Waals surface area contributed by atoms with Crippen LogP contribution in [0.1, 0.15) is 79.1 Å². The molecule has 1 saturated carbocycles. The van der Waals surface area contributed by atoms with E-state index in [1.165, 1.54) is 18.5 Å². The molecular weight excluding hydrogens is 834 g/mol. The van der Waals surface area contributed by atoms with E-state index in [0.717, 1.165) is 64.3 Å². The van der Waals surface area contributed by atoms with Crippen LogP contribution in [0.15, 0.2) is 49.1 Å². The first-order valence-electron chi connectivity index (χ1n) is 21.4. The molecule has 21 heteroatoms. The van der Waals surface area contributed by atoms with Crippen LogP contribution in [0, 0.1) is 11.7 Å². The summed E-state index contributed by atoms with van der Waals surface area (Å²) in [4.78, 5) is 71.8. The van der Waals surface area contributed by atoms with E-state index >= 15 is 4.39 Å². The summed E-state index contributed by atoms with van der Waals surface area (Å²) in [5.74, 6) is -0.370. The van der Waals surface area contributed by atoms with Crippen LogP contribution < -0.4 is 20.4 Å². The van der Waals surface area contributed by atoms with Crippen molar-refractivity contribution in [3.8, 4) is 11.4 Å². The summed E-state index contributed by atoms with van der Waals surface area (Å²) in [5.41, 5.74) is 1.68. The number of halogens is 1. The number of hydrogen-bond acceptors (Lipinski definition) is 15. The molecule has 63 heavy (non-hydrogen) atoms. The molecule has 8 heterocycles. The first-order valence-corrected chi connectivity index (χ1v) is 22.9. The topological polar surface area (TPSA) is 214 Å². The van der Waals surface area contributed by atoms with E-state index in [2.05, 4.69) is 49.3 Å². The molecule has 4 fully saturated rings. The molecule has 328 valence electrons. The van der Waals surface area contributed by atoms with Crippen LogP contribution in [0.2, 0.25) is 0 Å². The van der Waals surface area contributed by atoms with Gasteiger partial charge in [-0.2, -0.15) is 14.3 Å². The second-order valence-electron chi connectivity index (χ2n) is 17.2. The molecule has 5 aromatic rings. The number of piperazine rings is 1. The van der Waals surface area contributed by atoms with E-state index in [1.54, 1.807) is 12.3 Å². The molecule has 4 aromatic heterocycles. The van der Waals surface area contributed by atoms with Gasteiger partial charge in [0.05, 0.1) is 50.9 Å². The number of piperidine rings is 2. The molecule has 1 aliphatic carbocycles. The predicted molar refractivity (Wildman–Crippen MR) is 228 cm³/mol. The Hall–Kier alpha value is -6.35. The Kier molecular flexibility index (Phi) is 10.2. The highest BCUT2D eigenvalue weighted by Crippen LogP contribution is 2.36. The van der Waals surface area contributed by atoms with Crippen molar-refractivity contribution >= 4 is 67.7 Å². The number of carbonyl (C=O) groups is 4. The molecule has 3 saturated heterocycles. The third-order valence-electron chi connectivity index (χ3n) is 12.6. The quantitative estimate of drug-likeness (QED) is 0.182. The Morgan fingerprint density at radius 1 is 0.873 bits per heavy atom. The van der Waals surface area contributed by atoms with Crippen LogP contribution in [0.5, 0.6) is 0 Å². The maximum Gasteiger partial charge on any atom is 0.262 e. The second-order valence-corrected chi connectivity index (χ2v) is 19.3. The fourth-order valence-electron chi connectivity index (χ4n) is 9.07. The van der Waals surface area contributed by atoms with Gasteiger partial charge in [-0.25, -0.2) is 27.8 Å². The van der Waals surface area contributed by atoms with Crippen molar-refractivity contribution < 1.29 is 32.0 Å². The highest BCUT2D eigenvalue weighted by molar-refractivity contribution is 7.90. The van der Waals surface area contributed by atoms with Crippen LogP contribution in [0.3, 0.4) is 0 Å². The maximum absolute atomic E-state index is 15.5. The highest BCUT2D eigenvalue weighted by atomic mass is 32.2. The molecule has 0 spiro atoms. The Bertz CT molecular complexity index is 2790. The van der Waals surface area contributed by atoms with Crippen LogP contribution in [0.4, 0.5) is 27.5 Å². The van der Waals surface area contributed by atoms with Crippen LogP contribution in [0.25, 0.3) is 22.3 Å². The van der Waals surface area contributed by atoms with Gasteiger partial charge >= 0.3 is 0 Å². The molecule has 2 N–H and O–H groups in total. The van der Waals surface area contributed by atoms with E-state index in [-0.39, 0.29) is 40.9 Å². The molecule has 10 rings (SSSR count). The summed E-state index contributed by atoms with van der Waals surface area (Å²) in [6, 6.07) is 5.19. The average Bonchev–Trinajstić information content (AvgIpc) is 3.82. The molecule has 0 bridgehead atoms. The number of fused-ring (bicyclic) bond motifs is 2. The number of rotatable bonds is 11. The minimum absolute atomic E-state index is 0.0109. The molecule has 5 aliphatic rings. The number of carbonyl (C=O) groups excluding carboxylic acids is 4. The van der Waals surface area contributed by atoms with Crippen LogP contribution >= 0.6 is 0 Å². The first-order chi connectivity index (χ1) is 30.3. The summed E-state index contributed by atoms with van der Waals surface area (Å²) in [6.45, 7) is 9.28. The average molecular weight is 880 g/mol. The zero-order valence-corrected chi connectivity index (χ0v) is 35.6. The first kappa shape index (κ1) is 40.7. The Balaban J connectivity index is 0.755. The Morgan fingerprint density at radius 3 is 2.33 bits per heavy atom. The number of nitrogens with one attached hydrogen (secondary N) is 2. The fraction of sp³-hybridized carbons (Fsp3) is 0.452. The third kappa shape index (κ3) is 7.55. The number of aromatic nitrogens is 7. The van der Waals surface area contributed by atoms with Crippen LogP contribution in [-0.2, 0) is 19.6 Å². The highest BCUT2D eigenvalue weighted by Gasteiger charge is 2.45. The Labute approximate surface area is 361 Å². The summed E-state index contributed by atoms with van der Waals surface area (Å²) < 4.78 is 43.9. The van der Waals surface area contributed by atoms with Gasteiger partial charge in [-0.1, -0.05) is 0 Å². The summed E-state index contributed by atoms with van der Waals surface area (Å²) in [7, 11) is -3.51. The molecule has 4 amide bonds. The standard InChI is InChI=1S/C42H46FN13O6S/c1-24(2)56-33-19-36(47-35-7-10-44-38(48-35)26-20-46-54(23-26)63(61,62)27-3-4-27)45-21-30(33)39(50-56)53-11-8-25(9-12-53)22-51-13-15-52(16-14-51)34-18-29-28(17-31(34)43)41(59)55(42(29)60)32-5-6-37(57)49-40(32)58/h7,10,17-21,23-25,27,32H,3-6,8-9,11-16,22H2,1-2H3,(H,49,57,58)(H,44,45,47,48). The number of pyridine rings is 1. The van der Waals surface area contributed by atoms with Crippen molar-refractivity contribution in [2.75, 3.05) is 60.9 Å². The molecular formula is C42H46FN13O6S. The van der Waals surface area contributed by atoms with Crippen molar-refractivity contribution in [1.29, 1.82) is 0 Å². The largest absolute Gasteiger partial charge is 0.367 e. The fourth-order valence-corrected chi connectivity index (χ4v) is 10.6. The van der Waals surface area contributed by atoms with Gasteiger partial charge in [-0.05, 0) is 70.1 Å². The normalized spacial score (nSPS) is 20.3. The number of imide groups is 2. The lowest BCUT2D eigenvalue weighted by molar-refractivity contribution is -0.136. The number of hydrogen-bond donors (Lipinski definition) is 2. The number of amides is 4. The molecule has 1 aromatic carbocycles.